The molecule has 15 aromatic rings. The van der Waals surface area contributed by atoms with E-state index < -0.39 is 0 Å². The first-order valence-electron chi connectivity index (χ1n) is 33.1. The Bertz CT molecular complexity index is 6270. The molecule has 0 aliphatic carbocycles. The lowest BCUT2D eigenvalue weighted by molar-refractivity contribution is -0.749. The summed E-state index contributed by atoms with van der Waals surface area (Å²) < 4.78 is 22.5. The van der Waals surface area contributed by atoms with Gasteiger partial charge in [0, 0.05) is 22.3 Å². The van der Waals surface area contributed by atoms with Gasteiger partial charge in [-0.05, 0) is 198 Å². The minimum absolute atomic E-state index is 0.697. The molecule has 5 aromatic heterocycles. The van der Waals surface area contributed by atoms with Gasteiger partial charge in [0.05, 0.1) is 65.4 Å². The Kier molecular flexibility index (Phi) is 14.4. The first-order chi connectivity index (χ1) is 48.0. The van der Waals surface area contributed by atoms with Crippen LogP contribution in [-0.4, -0.2) is 23.4 Å². The molecular formula is C84H68N15+5. The second-order valence-electron chi connectivity index (χ2n) is 26.8. The number of fused-ring (bicyclic) bond motifs is 25. The number of nitrogens with zero attached hydrogens (tertiary/aromatic N) is 15. The van der Waals surface area contributed by atoms with E-state index >= 15 is 0 Å². The van der Waals surface area contributed by atoms with E-state index in [9.17, 15) is 0 Å². The van der Waals surface area contributed by atoms with E-state index in [0.717, 1.165) is 59.7 Å². The second-order valence-corrected chi connectivity index (χ2v) is 26.8. The monoisotopic (exact) mass is 1290 g/mol. The Balaban J connectivity index is 0.0000000965. The molecule has 0 atom stereocenters. The highest BCUT2D eigenvalue weighted by atomic mass is 15.4. The summed E-state index contributed by atoms with van der Waals surface area (Å²) in [6, 6.07) is 53.9. The summed E-state index contributed by atoms with van der Waals surface area (Å²) in [5.74, 6) is 0. The van der Waals surface area contributed by atoms with Crippen molar-refractivity contribution in [2.45, 2.75) is 95.0 Å². The number of para-hydroxylation sites is 1. The molecule has 5 aliphatic rings. The third-order valence-corrected chi connectivity index (χ3v) is 20.2. The van der Waals surface area contributed by atoms with Crippen LogP contribution in [0, 0.1) is 95.2 Å². The lowest BCUT2D eigenvalue weighted by atomic mass is 10.0. The van der Waals surface area contributed by atoms with Crippen molar-refractivity contribution in [2.24, 2.45) is 0 Å². The van der Waals surface area contributed by atoms with E-state index in [1.807, 2.05) is 84.9 Å². The summed E-state index contributed by atoms with van der Waals surface area (Å²) in [7, 11) is 0. The Morgan fingerprint density at radius 3 is 1.16 bits per heavy atom. The Morgan fingerprint density at radius 2 is 0.667 bits per heavy atom. The largest absolute Gasteiger partial charge is 0.238 e. The van der Waals surface area contributed by atoms with Crippen LogP contribution in [-0.2, 0) is 32.7 Å². The number of aromatic nitrogens is 10. The van der Waals surface area contributed by atoms with Crippen LogP contribution < -0.4 is 23.4 Å². The van der Waals surface area contributed by atoms with Crippen molar-refractivity contribution >= 4 is 83.0 Å². The van der Waals surface area contributed by atoms with Gasteiger partial charge < -0.3 is 0 Å². The van der Waals surface area contributed by atoms with Crippen LogP contribution in [0.25, 0.3) is 107 Å². The van der Waals surface area contributed by atoms with Crippen LogP contribution in [0.4, 0.5) is 28.4 Å². The molecule has 0 bridgehead atoms. The van der Waals surface area contributed by atoms with Crippen LogP contribution in [0.5, 0.6) is 0 Å². The van der Waals surface area contributed by atoms with Gasteiger partial charge in [-0.1, -0.05) is 72.3 Å². The van der Waals surface area contributed by atoms with Gasteiger partial charge in [-0.2, -0.15) is 0 Å². The van der Waals surface area contributed by atoms with Crippen LogP contribution >= 0.6 is 0 Å². The smallest absolute Gasteiger partial charge is 0.203 e. The zero-order valence-corrected chi connectivity index (χ0v) is 56.6. The molecular weight excluding hydrogens is 1220 g/mol. The summed E-state index contributed by atoms with van der Waals surface area (Å²) in [5, 5.41) is 5.64. The summed E-state index contributed by atoms with van der Waals surface area (Å²) in [6.07, 6.45) is 10.7. The first-order valence-corrected chi connectivity index (χ1v) is 33.1. The SMILES string of the molecule is [C-]#[N+]c1ccc2c(c1)c[n+]1n2-c2c(C)cc(C)cc2C1.[C-]#[N+]c1ccc2c(c1)c[n+]1n2-c2c(C)cccc2C1.[C-]#[N+]c1ccc2c(c1)c[n+]1n2-c2c(ccc(C)c2C)C1.[C-]#[N+]c1ccc2c(c1)c[n+]1n2-c2cc(C)c(C)cc2C1.[C-]#[N+]c1ccc2c(c1)c[n+]1n2-c2cc(C)cc(C)c2C1. The molecule has 0 unspecified atom stereocenters. The van der Waals surface area contributed by atoms with Crippen molar-refractivity contribution in [3.8, 4) is 28.4 Å². The van der Waals surface area contributed by atoms with Crippen molar-refractivity contribution < 1.29 is 23.4 Å². The van der Waals surface area contributed by atoms with Gasteiger partial charge >= 0.3 is 0 Å². The maximum atomic E-state index is 7.13. The lowest BCUT2D eigenvalue weighted by Crippen LogP contribution is -2.36. The second kappa shape index (κ2) is 23.4. The molecule has 0 saturated heterocycles. The van der Waals surface area contributed by atoms with Crippen molar-refractivity contribution in [1.82, 2.24) is 23.4 Å². The molecule has 5 aliphatic heterocycles. The normalized spacial score (nSPS) is 12.2. The van der Waals surface area contributed by atoms with Crippen molar-refractivity contribution in [1.29, 1.82) is 0 Å². The highest BCUT2D eigenvalue weighted by Gasteiger charge is 2.35. The molecule has 0 radical (unpaired) electrons. The number of hydrogen-bond donors (Lipinski definition) is 0. The average Bonchev–Trinajstić information content (AvgIpc) is 1.62. The molecule has 10 heterocycles. The van der Waals surface area contributed by atoms with Gasteiger partial charge in [-0.25, -0.2) is 24.2 Å². The number of rotatable bonds is 0. The minimum Gasteiger partial charge on any atom is -0.238 e. The summed E-state index contributed by atoms with van der Waals surface area (Å²) in [6.45, 7) is 59.5. The summed E-state index contributed by atoms with van der Waals surface area (Å²) >= 11 is 0. The van der Waals surface area contributed by atoms with Gasteiger partial charge in [-0.3, -0.25) is 0 Å². The first kappa shape index (κ1) is 60.9. The zero-order valence-electron chi connectivity index (χ0n) is 56.6. The molecule has 10 aromatic carbocycles. The Hall–Kier alpha value is -13.0. The molecule has 474 valence electrons. The van der Waals surface area contributed by atoms with E-state index in [4.69, 9.17) is 32.9 Å². The Morgan fingerprint density at radius 1 is 0.283 bits per heavy atom. The minimum atomic E-state index is 0.697. The fourth-order valence-corrected chi connectivity index (χ4v) is 15.5. The molecule has 0 saturated carbocycles. The molecule has 0 fully saturated rings. The van der Waals surface area contributed by atoms with Crippen molar-refractivity contribution in [2.75, 3.05) is 0 Å². The van der Waals surface area contributed by atoms with E-state index in [2.05, 4.69) is 237 Å². The molecule has 0 spiro atoms. The highest BCUT2D eigenvalue weighted by molar-refractivity contribution is 5.88. The molecule has 99 heavy (non-hydrogen) atoms. The summed E-state index contributed by atoms with van der Waals surface area (Å²) in [5.41, 5.74) is 34.4. The van der Waals surface area contributed by atoms with E-state index in [1.165, 1.54) is 134 Å². The molecule has 0 amide bonds. The van der Waals surface area contributed by atoms with E-state index in [0.29, 0.717) is 28.4 Å². The van der Waals surface area contributed by atoms with Crippen molar-refractivity contribution in [3.63, 3.8) is 0 Å². The fourth-order valence-electron chi connectivity index (χ4n) is 15.5. The zero-order chi connectivity index (χ0) is 68.4. The predicted molar refractivity (Wildman–Crippen MR) is 387 cm³/mol. The maximum Gasteiger partial charge on any atom is 0.203 e. The fraction of sp³-hybridized carbons (Fsp3) is 0.167. The quantitative estimate of drug-likeness (QED) is 0.107. The van der Waals surface area contributed by atoms with Gasteiger partial charge in [0.25, 0.3) is 0 Å². The predicted octanol–water partition coefficient (Wildman–Crippen LogP) is 16.9. The number of benzene rings is 10. The van der Waals surface area contributed by atoms with Crippen LogP contribution in [0.15, 0.2) is 189 Å². The molecule has 15 heteroatoms. The van der Waals surface area contributed by atoms with Crippen molar-refractivity contribution in [3.05, 3.63) is 324 Å². The van der Waals surface area contributed by atoms with Gasteiger partial charge in [0.1, 0.15) is 56.0 Å². The average molecular weight is 1290 g/mol. The maximum absolute atomic E-state index is 7.13. The number of aryl methyl sites for hydroxylation is 8. The molecule has 0 N–H and O–H groups in total. The van der Waals surface area contributed by atoms with Crippen LogP contribution in [0.2, 0.25) is 0 Å². The van der Waals surface area contributed by atoms with E-state index in [1.54, 1.807) is 0 Å². The third-order valence-electron chi connectivity index (χ3n) is 20.2. The molecule has 15 nitrogen and oxygen atoms in total. The lowest BCUT2D eigenvalue weighted by Gasteiger charge is -2.05. The van der Waals surface area contributed by atoms with Gasteiger partial charge in [-0.15, -0.1) is 46.8 Å². The molecule has 20 rings (SSSR count). The summed E-state index contributed by atoms with van der Waals surface area (Å²) in [4.78, 5) is 17.5. The van der Waals surface area contributed by atoms with Gasteiger partial charge in [0.2, 0.25) is 31.0 Å². The standard InChI is InChI=1S/4C17H14N3.C16H12N3/c1-11-6-13-9-19-10-14-8-15(18-3)4-5-16(14)20(19)17(13)7-12(11)2;1-11-6-12(2)17-14(7-11)10-19-9-13-8-15(18-3)4-5-16(13)20(17)19;1-11-6-12(2)15-10-19-9-13-8-14(18-3)4-5-16(13)20(19)17(15)7-11;1-11-4-5-13-9-19-10-14-8-15(18-3)6-7-16(14)20(19)17(13)12(11)2;1-11-4-3-5-12-9-18-10-13-8-14(17-2)6-7-15(13)19(18)16(11)12/h4-8,10H,9H2,1-2H3;2*4-9H,10H2,1-2H3;4-8,10H,9H2,1-2H3;3-8,10H,9H2,1H3/q5*+1. The van der Waals surface area contributed by atoms with Crippen LogP contribution in [0.1, 0.15) is 77.9 Å². The third kappa shape index (κ3) is 10.1. The number of hydrogen-bond acceptors (Lipinski definition) is 0. The highest BCUT2D eigenvalue weighted by Crippen LogP contribution is 2.36. The Labute approximate surface area is 573 Å². The van der Waals surface area contributed by atoms with E-state index in [-0.39, 0.29) is 0 Å². The van der Waals surface area contributed by atoms with Gasteiger partial charge in [0.15, 0.2) is 61.2 Å². The topological polar surface area (TPSA) is 65.8 Å². The van der Waals surface area contributed by atoms with Crippen LogP contribution in [0.3, 0.4) is 0 Å².